The molecule has 0 saturated carbocycles. The van der Waals surface area contributed by atoms with Crippen LogP contribution < -0.4 is 0 Å². The van der Waals surface area contributed by atoms with Gasteiger partial charge in [-0.25, -0.2) is 0 Å². The van der Waals surface area contributed by atoms with Gasteiger partial charge in [-0.1, -0.05) is 77.3 Å². The molecule has 0 radical (unpaired) electrons. The zero-order valence-corrected chi connectivity index (χ0v) is 20.8. The lowest BCUT2D eigenvalue weighted by Gasteiger charge is -2.13. The molecule has 34 heavy (non-hydrogen) atoms. The molecule has 4 aromatic rings. The van der Waals surface area contributed by atoms with Crippen LogP contribution in [0.1, 0.15) is 16.7 Å². The molecule has 1 aromatic heterocycles. The van der Waals surface area contributed by atoms with Crippen molar-refractivity contribution in [2.75, 3.05) is 0 Å². The fourth-order valence-corrected chi connectivity index (χ4v) is 5.42. The van der Waals surface area contributed by atoms with Crippen LogP contribution in [0.15, 0.2) is 77.8 Å². The molecule has 0 atom stereocenters. The Kier molecular flexibility index (Phi) is 6.45. The van der Waals surface area contributed by atoms with Crippen molar-refractivity contribution in [2.24, 2.45) is 0 Å². The Morgan fingerprint density at radius 1 is 0.824 bits per heavy atom. The highest BCUT2D eigenvalue weighted by molar-refractivity contribution is 8.18. The van der Waals surface area contributed by atoms with Crippen LogP contribution in [0.2, 0.25) is 15.1 Å². The van der Waals surface area contributed by atoms with Crippen LogP contribution in [-0.2, 0) is 17.9 Å². The number of para-hydroxylation sites is 1. The van der Waals surface area contributed by atoms with E-state index in [-0.39, 0.29) is 17.7 Å². The Morgan fingerprint density at radius 3 is 2.35 bits per heavy atom. The summed E-state index contributed by atoms with van der Waals surface area (Å²) >= 11 is 19.5. The first-order valence-corrected chi connectivity index (χ1v) is 12.4. The molecule has 0 aliphatic carbocycles. The van der Waals surface area contributed by atoms with E-state index in [0.717, 1.165) is 33.8 Å². The van der Waals surface area contributed by atoms with E-state index >= 15 is 0 Å². The first-order valence-electron chi connectivity index (χ1n) is 10.4. The van der Waals surface area contributed by atoms with Gasteiger partial charge in [0.2, 0.25) is 0 Å². The van der Waals surface area contributed by atoms with E-state index in [1.54, 1.807) is 24.3 Å². The van der Waals surface area contributed by atoms with E-state index in [2.05, 4.69) is 4.57 Å². The number of benzene rings is 3. The minimum Gasteiger partial charge on any atom is -0.342 e. The van der Waals surface area contributed by atoms with Gasteiger partial charge in [-0.2, -0.15) is 0 Å². The summed E-state index contributed by atoms with van der Waals surface area (Å²) in [6, 6.07) is 20.7. The van der Waals surface area contributed by atoms with Gasteiger partial charge in [0, 0.05) is 44.3 Å². The number of rotatable bonds is 5. The van der Waals surface area contributed by atoms with Crippen LogP contribution in [0.5, 0.6) is 0 Å². The normalized spacial score (nSPS) is 15.1. The number of hydrogen-bond acceptors (Lipinski definition) is 3. The van der Waals surface area contributed by atoms with Crippen molar-refractivity contribution in [1.29, 1.82) is 0 Å². The largest absolute Gasteiger partial charge is 0.342 e. The monoisotopic (exact) mass is 526 g/mol. The van der Waals surface area contributed by atoms with E-state index in [9.17, 15) is 9.59 Å². The maximum absolute atomic E-state index is 13.1. The Hall–Kier alpha value is -2.70. The quantitative estimate of drug-likeness (QED) is 0.248. The van der Waals surface area contributed by atoms with Crippen molar-refractivity contribution in [1.82, 2.24) is 9.47 Å². The second kappa shape index (κ2) is 9.51. The summed E-state index contributed by atoms with van der Waals surface area (Å²) in [5.41, 5.74) is 3.53. The van der Waals surface area contributed by atoms with E-state index in [4.69, 9.17) is 34.8 Å². The average molecular weight is 528 g/mol. The topological polar surface area (TPSA) is 42.3 Å². The van der Waals surface area contributed by atoms with Gasteiger partial charge in [-0.05, 0) is 53.2 Å². The Morgan fingerprint density at radius 2 is 1.56 bits per heavy atom. The number of imide groups is 1. The number of thioether (sulfide) groups is 1. The zero-order chi connectivity index (χ0) is 23.8. The summed E-state index contributed by atoms with van der Waals surface area (Å²) in [7, 11) is 0. The Balaban J connectivity index is 1.47. The molecule has 1 fully saturated rings. The minimum atomic E-state index is -0.344. The van der Waals surface area contributed by atoms with Gasteiger partial charge in [0.15, 0.2) is 0 Å². The van der Waals surface area contributed by atoms with Crippen molar-refractivity contribution in [3.05, 3.63) is 110 Å². The minimum absolute atomic E-state index is 0.0896. The molecule has 170 valence electrons. The molecule has 1 aliphatic rings. The van der Waals surface area contributed by atoms with Crippen molar-refractivity contribution >= 4 is 74.7 Å². The number of carbonyl (C=O) groups is 2. The molecule has 0 unspecified atom stereocenters. The summed E-state index contributed by atoms with van der Waals surface area (Å²) in [4.78, 5) is 27.3. The zero-order valence-electron chi connectivity index (χ0n) is 17.7. The molecular weight excluding hydrogens is 511 g/mol. The van der Waals surface area contributed by atoms with E-state index in [1.165, 1.54) is 4.90 Å². The number of hydrogen-bond donors (Lipinski definition) is 0. The standard InChI is InChI=1S/C26H17Cl3N2O2S/c27-19-10-9-17(22(29)12-19)15-31-25(32)24(34-26(31)33)11-18-14-30(23-8-4-2-6-20(18)23)13-16-5-1-3-7-21(16)28/h1-12,14H,13,15H2/b24-11+. The summed E-state index contributed by atoms with van der Waals surface area (Å²) < 4.78 is 2.10. The van der Waals surface area contributed by atoms with Crippen molar-refractivity contribution in [3.63, 3.8) is 0 Å². The van der Waals surface area contributed by atoms with Gasteiger partial charge in [-0.15, -0.1) is 0 Å². The molecule has 2 heterocycles. The van der Waals surface area contributed by atoms with Gasteiger partial charge < -0.3 is 4.57 Å². The second-order valence-electron chi connectivity index (χ2n) is 7.82. The van der Waals surface area contributed by atoms with E-state index < -0.39 is 0 Å². The van der Waals surface area contributed by atoms with Gasteiger partial charge in [0.25, 0.3) is 11.1 Å². The summed E-state index contributed by atoms with van der Waals surface area (Å²) in [6.45, 7) is 0.677. The lowest BCUT2D eigenvalue weighted by molar-refractivity contribution is -0.123. The highest BCUT2D eigenvalue weighted by atomic mass is 35.5. The third-order valence-electron chi connectivity index (χ3n) is 5.62. The maximum atomic E-state index is 13.1. The third-order valence-corrected chi connectivity index (χ3v) is 7.48. The number of aromatic nitrogens is 1. The fraction of sp³-hybridized carbons (Fsp3) is 0.0769. The second-order valence-corrected chi connectivity index (χ2v) is 10.1. The van der Waals surface area contributed by atoms with E-state index in [0.29, 0.717) is 32.1 Å². The lowest BCUT2D eigenvalue weighted by atomic mass is 10.1. The SMILES string of the molecule is O=C1S/C(=C/c2cn(Cc3ccccc3Cl)c3ccccc23)C(=O)N1Cc1ccc(Cl)cc1Cl. The Bertz CT molecular complexity index is 1480. The lowest BCUT2D eigenvalue weighted by Crippen LogP contribution is -2.27. The number of fused-ring (bicyclic) bond motifs is 1. The van der Waals surface area contributed by atoms with Crippen LogP contribution in [0, 0.1) is 0 Å². The molecule has 3 aromatic carbocycles. The first-order chi connectivity index (χ1) is 16.4. The highest BCUT2D eigenvalue weighted by Gasteiger charge is 2.35. The molecule has 0 N–H and O–H groups in total. The van der Waals surface area contributed by atoms with Crippen molar-refractivity contribution in [3.8, 4) is 0 Å². The third kappa shape index (κ3) is 4.49. The van der Waals surface area contributed by atoms with Crippen LogP contribution in [0.3, 0.4) is 0 Å². The fourth-order valence-electron chi connectivity index (χ4n) is 3.93. The Labute approximate surface area is 215 Å². The maximum Gasteiger partial charge on any atom is 0.293 e. The average Bonchev–Trinajstić information content (AvgIpc) is 3.29. The van der Waals surface area contributed by atoms with E-state index in [1.807, 2.05) is 54.7 Å². The molecule has 0 spiro atoms. The number of amides is 2. The van der Waals surface area contributed by atoms with Gasteiger partial charge in [0.05, 0.1) is 11.4 Å². The number of carbonyl (C=O) groups excluding carboxylic acids is 2. The number of halogens is 3. The molecule has 1 saturated heterocycles. The first kappa shape index (κ1) is 23.1. The molecule has 4 nitrogen and oxygen atoms in total. The van der Waals surface area contributed by atoms with Gasteiger partial charge in [-0.3, -0.25) is 14.5 Å². The smallest absolute Gasteiger partial charge is 0.293 e. The molecule has 5 rings (SSSR count). The highest BCUT2D eigenvalue weighted by Crippen LogP contribution is 2.36. The van der Waals surface area contributed by atoms with Crippen LogP contribution >= 0.6 is 46.6 Å². The molecule has 1 aliphatic heterocycles. The number of nitrogens with zero attached hydrogens (tertiary/aromatic N) is 2. The summed E-state index contributed by atoms with van der Waals surface area (Å²) in [5.74, 6) is -0.344. The van der Waals surface area contributed by atoms with Gasteiger partial charge >= 0.3 is 0 Å². The van der Waals surface area contributed by atoms with Crippen LogP contribution in [0.25, 0.3) is 17.0 Å². The molecular formula is C26H17Cl3N2O2S. The van der Waals surface area contributed by atoms with Crippen molar-refractivity contribution < 1.29 is 9.59 Å². The predicted octanol–water partition coefficient (Wildman–Crippen LogP) is 7.89. The van der Waals surface area contributed by atoms with Crippen LogP contribution in [0.4, 0.5) is 4.79 Å². The molecule has 0 bridgehead atoms. The summed E-state index contributed by atoms with van der Waals surface area (Å²) in [5, 5.41) is 2.27. The van der Waals surface area contributed by atoms with Gasteiger partial charge in [0.1, 0.15) is 0 Å². The molecule has 2 amide bonds. The van der Waals surface area contributed by atoms with Crippen molar-refractivity contribution in [2.45, 2.75) is 13.1 Å². The van der Waals surface area contributed by atoms with Crippen LogP contribution in [-0.4, -0.2) is 20.6 Å². The predicted molar refractivity (Wildman–Crippen MR) is 140 cm³/mol. The summed E-state index contributed by atoms with van der Waals surface area (Å²) in [6.07, 6.45) is 3.76. The molecule has 8 heteroatoms.